The highest BCUT2D eigenvalue weighted by Gasteiger charge is 2.15. The molecule has 0 aliphatic carbocycles. The van der Waals surface area contributed by atoms with Crippen molar-refractivity contribution >= 4 is 33.4 Å². The van der Waals surface area contributed by atoms with Crippen LogP contribution in [0.5, 0.6) is 11.5 Å². The molecule has 0 saturated carbocycles. The van der Waals surface area contributed by atoms with Gasteiger partial charge in [-0.1, -0.05) is 39.7 Å². The molecule has 0 radical (unpaired) electrons. The highest BCUT2D eigenvalue weighted by Crippen LogP contribution is 2.33. The van der Waals surface area contributed by atoms with Crippen molar-refractivity contribution in [1.82, 2.24) is 5.32 Å². The minimum atomic E-state index is -0.103. The molecule has 4 nitrogen and oxygen atoms in total. The molecule has 0 saturated heterocycles. The van der Waals surface area contributed by atoms with Gasteiger partial charge in [0.05, 0.1) is 26.7 Å². The van der Waals surface area contributed by atoms with E-state index in [1.807, 2.05) is 31.2 Å². The summed E-state index contributed by atoms with van der Waals surface area (Å²) in [6, 6.07) is 10.9. The SMILES string of the molecule is COc1cc(Br)c(CC(=O)N[C@H](C)c2ccc(Cl)cc2)cc1OC. The van der Waals surface area contributed by atoms with Crippen molar-refractivity contribution in [3.63, 3.8) is 0 Å². The number of hydrogen-bond donors (Lipinski definition) is 1. The highest BCUT2D eigenvalue weighted by atomic mass is 79.9. The quantitative estimate of drug-likeness (QED) is 0.758. The van der Waals surface area contributed by atoms with E-state index in [-0.39, 0.29) is 18.4 Å². The number of amides is 1. The van der Waals surface area contributed by atoms with Gasteiger partial charge in [-0.3, -0.25) is 4.79 Å². The van der Waals surface area contributed by atoms with Gasteiger partial charge in [0, 0.05) is 9.50 Å². The fourth-order valence-corrected chi connectivity index (χ4v) is 2.92. The molecule has 0 bridgehead atoms. The van der Waals surface area contributed by atoms with Crippen molar-refractivity contribution in [3.05, 3.63) is 57.0 Å². The highest BCUT2D eigenvalue weighted by molar-refractivity contribution is 9.10. The van der Waals surface area contributed by atoms with Crippen LogP contribution in [0, 0.1) is 0 Å². The van der Waals surface area contributed by atoms with Gasteiger partial charge in [-0.2, -0.15) is 0 Å². The maximum absolute atomic E-state index is 12.3. The lowest BCUT2D eigenvalue weighted by Crippen LogP contribution is -2.28. The van der Waals surface area contributed by atoms with E-state index in [0.29, 0.717) is 16.5 Å². The van der Waals surface area contributed by atoms with Crippen molar-refractivity contribution in [2.75, 3.05) is 14.2 Å². The maximum Gasteiger partial charge on any atom is 0.224 e. The average molecular weight is 413 g/mol. The Bertz CT molecular complexity index is 719. The smallest absolute Gasteiger partial charge is 0.224 e. The molecule has 6 heteroatoms. The molecule has 24 heavy (non-hydrogen) atoms. The summed E-state index contributed by atoms with van der Waals surface area (Å²) in [6.07, 6.45) is 0.235. The van der Waals surface area contributed by atoms with Crippen LogP contribution in [0.4, 0.5) is 0 Å². The Kier molecular flexibility index (Phi) is 6.52. The molecule has 2 aromatic rings. The van der Waals surface area contributed by atoms with E-state index in [0.717, 1.165) is 15.6 Å². The van der Waals surface area contributed by atoms with Gasteiger partial charge >= 0.3 is 0 Å². The Morgan fingerprint density at radius 1 is 1.17 bits per heavy atom. The van der Waals surface area contributed by atoms with E-state index in [1.165, 1.54) is 0 Å². The topological polar surface area (TPSA) is 47.6 Å². The Hall–Kier alpha value is -1.72. The molecule has 0 aromatic heterocycles. The lowest BCUT2D eigenvalue weighted by Gasteiger charge is -2.16. The number of methoxy groups -OCH3 is 2. The van der Waals surface area contributed by atoms with Crippen LogP contribution in [-0.4, -0.2) is 20.1 Å². The fraction of sp³-hybridized carbons (Fsp3) is 0.278. The van der Waals surface area contributed by atoms with Crippen LogP contribution in [0.3, 0.4) is 0 Å². The molecule has 0 unspecified atom stereocenters. The van der Waals surface area contributed by atoms with Crippen molar-refractivity contribution in [3.8, 4) is 11.5 Å². The Morgan fingerprint density at radius 2 is 1.75 bits per heavy atom. The fourth-order valence-electron chi connectivity index (χ4n) is 2.33. The summed E-state index contributed by atoms with van der Waals surface area (Å²) in [5, 5.41) is 3.66. The normalized spacial score (nSPS) is 11.7. The van der Waals surface area contributed by atoms with Gasteiger partial charge < -0.3 is 14.8 Å². The molecule has 0 spiro atoms. The van der Waals surface area contributed by atoms with Crippen molar-refractivity contribution in [1.29, 1.82) is 0 Å². The van der Waals surface area contributed by atoms with Crippen molar-refractivity contribution < 1.29 is 14.3 Å². The maximum atomic E-state index is 12.3. The monoisotopic (exact) mass is 411 g/mol. The summed E-state index contributed by atoms with van der Waals surface area (Å²) < 4.78 is 11.3. The molecule has 2 rings (SSSR count). The van der Waals surface area contributed by atoms with E-state index in [9.17, 15) is 4.79 Å². The van der Waals surface area contributed by atoms with E-state index >= 15 is 0 Å². The molecular formula is C18H19BrClNO3. The number of hydrogen-bond acceptors (Lipinski definition) is 3. The first-order valence-corrected chi connectivity index (χ1v) is 8.57. The summed E-state index contributed by atoms with van der Waals surface area (Å²) in [7, 11) is 3.14. The number of nitrogens with one attached hydrogen (secondary N) is 1. The molecule has 2 aromatic carbocycles. The molecule has 0 fully saturated rings. The summed E-state index contributed by atoms with van der Waals surface area (Å²) in [5.41, 5.74) is 1.83. The molecule has 0 aliphatic heterocycles. The summed E-state index contributed by atoms with van der Waals surface area (Å²) in [5.74, 6) is 1.13. The van der Waals surface area contributed by atoms with E-state index in [1.54, 1.807) is 26.4 Å². The Balaban J connectivity index is 2.08. The predicted molar refractivity (Wildman–Crippen MR) is 99.0 cm³/mol. The lowest BCUT2D eigenvalue weighted by molar-refractivity contribution is -0.121. The van der Waals surface area contributed by atoms with Gasteiger partial charge in [0.2, 0.25) is 5.91 Å². The van der Waals surface area contributed by atoms with E-state index < -0.39 is 0 Å². The van der Waals surface area contributed by atoms with Gasteiger partial charge in [-0.25, -0.2) is 0 Å². The number of halogens is 2. The van der Waals surface area contributed by atoms with E-state index in [4.69, 9.17) is 21.1 Å². The third kappa shape index (κ3) is 4.65. The minimum absolute atomic E-state index is 0.0784. The zero-order valence-corrected chi connectivity index (χ0v) is 16.1. The van der Waals surface area contributed by atoms with Crippen LogP contribution < -0.4 is 14.8 Å². The minimum Gasteiger partial charge on any atom is -0.493 e. The van der Waals surface area contributed by atoms with Crippen LogP contribution in [0.25, 0.3) is 0 Å². The van der Waals surface area contributed by atoms with Crippen LogP contribution in [0.2, 0.25) is 5.02 Å². The molecule has 1 atom stereocenters. The molecular weight excluding hydrogens is 394 g/mol. The molecule has 1 N–H and O–H groups in total. The average Bonchev–Trinajstić information content (AvgIpc) is 2.56. The first-order chi connectivity index (χ1) is 11.4. The number of carbonyl (C=O) groups is 1. The third-order valence-electron chi connectivity index (χ3n) is 3.65. The zero-order valence-electron chi connectivity index (χ0n) is 13.7. The van der Waals surface area contributed by atoms with Gasteiger partial charge in [-0.15, -0.1) is 0 Å². The number of carbonyl (C=O) groups excluding carboxylic acids is 1. The molecule has 128 valence electrons. The number of benzene rings is 2. The standard InChI is InChI=1S/C18H19BrClNO3/c1-11(12-4-6-14(20)7-5-12)21-18(22)9-13-8-16(23-2)17(24-3)10-15(13)19/h4-8,10-11H,9H2,1-3H3,(H,21,22)/t11-/m1/s1. The molecule has 0 heterocycles. The van der Waals surface area contributed by atoms with Crippen molar-refractivity contribution in [2.45, 2.75) is 19.4 Å². The second kappa shape index (κ2) is 8.40. The Labute approximate surface area is 155 Å². The largest absolute Gasteiger partial charge is 0.493 e. The lowest BCUT2D eigenvalue weighted by atomic mass is 10.1. The second-order valence-corrected chi connectivity index (χ2v) is 6.61. The Morgan fingerprint density at radius 3 is 2.33 bits per heavy atom. The number of rotatable bonds is 6. The molecule has 0 aliphatic rings. The van der Waals surface area contributed by atoms with Gasteiger partial charge in [0.25, 0.3) is 0 Å². The van der Waals surface area contributed by atoms with Crippen LogP contribution in [0.1, 0.15) is 24.1 Å². The van der Waals surface area contributed by atoms with Gasteiger partial charge in [0.15, 0.2) is 11.5 Å². The van der Waals surface area contributed by atoms with Crippen LogP contribution >= 0.6 is 27.5 Å². The predicted octanol–water partition coefficient (Wildman–Crippen LogP) is 4.54. The second-order valence-electron chi connectivity index (χ2n) is 5.32. The summed E-state index contributed by atoms with van der Waals surface area (Å²) in [6.45, 7) is 1.94. The summed E-state index contributed by atoms with van der Waals surface area (Å²) >= 11 is 9.35. The molecule has 1 amide bonds. The van der Waals surface area contributed by atoms with Crippen LogP contribution in [-0.2, 0) is 11.2 Å². The van der Waals surface area contributed by atoms with Crippen molar-refractivity contribution in [2.24, 2.45) is 0 Å². The van der Waals surface area contributed by atoms with Gasteiger partial charge in [0.1, 0.15) is 0 Å². The van der Waals surface area contributed by atoms with Crippen LogP contribution in [0.15, 0.2) is 40.9 Å². The van der Waals surface area contributed by atoms with Gasteiger partial charge in [-0.05, 0) is 42.3 Å². The van der Waals surface area contributed by atoms with E-state index in [2.05, 4.69) is 21.2 Å². The number of ether oxygens (including phenoxy) is 2. The summed E-state index contributed by atoms with van der Waals surface area (Å²) in [4.78, 5) is 12.3. The third-order valence-corrected chi connectivity index (χ3v) is 4.64. The first-order valence-electron chi connectivity index (χ1n) is 7.39. The first kappa shape index (κ1) is 18.6. The zero-order chi connectivity index (χ0) is 17.7.